The van der Waals surface area contributed by atoms with Crippen molar-refractivity contribution in [2.45, 2.75) is 26.8 Å². The molecule has 1 aromatic rings. The monoisotopic (exact) mass is 283 g/mol. The molecule has 0 saturated heterocycles. The summed E-state index contributed by atoms with van der Waals surface area (Å²) in [5.74, 6) is -0.122. The Hall–Kier alpha value is -1.62. The van der Waals surface area contributed by atoms with Crippen LogP contribution in [0.5, 0.6) is 5.75 Å². The normalized spacial score (nSPS) is 10.7. The zero-order valence-corrected chi connectivity index (χ0v) is 12.3. The van der Waals surface area contributed by atoms with E-state index in [2.05, 4.69) is 0 Å². The van der Waals surface area contributed by atoms with Crippen LogP contribution >= 0.6 is 0 Å². The minimum absolute atomic E-state index is 0.174. The van der Waals surface area contributed by atoms with Gasteiger partial charge < -0.3 is 9.47 Å². The average Bonchev–Trinajstić information content (AvgIpc) is 2.41. The van der Waals surface area contributed by atoms with E-state index < -0.39 is 0 Å². The lowest BCUT2D eigenvalue weighted by atomic mass is 10.2. The number of hydrogen-bond donors (Lipinski definition) is 0. The number of hydrogen-bond acceptors (Lipinski definition) is 4. The predicted molar refractivity (Wildman–Crippen MR) is 75.2 cm³/mol. The van der Waals surface area contributed by atoms with Crippen molar-refractivity contribution in [3.8, 4) is 5.75 Å². The fraction of sp³-hybridized carbons (Fsp3) is 0.533. The maximum Gasteiger partial charge on any atom is 0.320 e. The number of esters is 1. The molecule has 0 aromatic heterocycles. The van der Waals surface area contributed by atoms with Gasteiger partial charge in [0, 0.05) is 18.2 Å². The number of carbonyl (C=O) groups is 1. The molecule has 0 aliphatic rings. The Bertz CT molecular complexity index is 437. The first-order valence-corrected chi connectivity index (χ1v) is 6.81. The van der Waals surface area contributed by atoms with Gasteiger partial charge >= 0.3 is 5.97 Å². The first kappa shape index (κ1) is 16.4. The summed E-state index contributed by atoms with van der Waals surface area (Å²) in [6.07, 6.45) is 0.886. The Morgan fingerprint density at radius 1 is 1.35 bits per heavy atom. The predicted octanol–water partition coefficient (Wildman–Crippen LogP) is 2.61. The summed E-state index contributed by atoms with van der Waals surface area (Å²) in [6.45, 7) is 5.41. The van der Waals surface area contributed by atoms with Gasteiger partial charge in [0.05, 0.1) is 20.3 Å². The highest BCUT2D eigenvalue weighted by Crippen LogP contribution is 2.17. The number of benzene rings is 1. The van der Waals surface area contributed by atoms with Crippen molar-refractivity contribution >= 4 is 5.97 Å². The largest absolute Gasteiger partial charge is 0.497 e. The van der Waals surface area contributed by atoms with Crippen molar-refractivity contribution in [1.82, 2.24) is 4.90 Å². The van der Waals surface area contributed by atoms with Crippen LogP contribution in [-0.2, 0) is 16.1 Å². The lowest BCUT2D eigenvalue weighted by Gasteiger charge is -2.21. The van der Waals surface area contributed by atoms with Crippen LogP contribution in [0.15, 0.2) is 18.2 Å². The summed E-state index contributed by atoms with van der Waals surface area (Å²) in [4.78, 5) is 13.4. The van der Waals surface area contributed by atoms with E-state index in [0.29, 0.717) is 31.0 Å². The summed E-state index contributed by atoms with van der Waals surface area (Å²) in [5.41, 5.74) is 0.545. The minimum atomic E-state index is -0.325. The molecule has 4 nitrogen and oxygen atoms in total. The molecule has 0 fully saturated rings. The first-order chi connectivity index (χ1) is 9.60. The van der Waals surface area contributed by atoms with E-state index in [4.69, 9.17) is 9.47 Å². The van der Waals surface area contributed by atoms with Crippen molar-refractivity contribution in [3.63, 3.8) is 0 Å². The number of halogens is 1. The molecule has 1 rings (SSSR count). The molecule has 0 amide bonds. The molecule has 0 aliphatic heterocycles. The Balaban J connectivity index is 2.71. The molecule has 0 spiro atoms. The Labute approximate surface area is 119 Å². The third kappa shape index (κ3) is 5.17. The average molecular weight is 283 g/mol. The topological polar surface area (TPSA) is 38.8 Å². The quantitative estimate of drug-likeness (QED) is 0.687. The summed E-state index contributed by atoms with van der Waals surface area (Å²) in [5, 5.41) is 0. The van der Waals surface area contributed by atoms with Crippen LogP contribution in [0.25, 0.3) is 0 Å². The molecule has 0 bridgehead atoms. The summed E-state index contributed by atoms with van der Waals surface area (Å²) < 4.78 is 23.8. The van der Waals surface area contributed by atoms with E-state index >= 15 is 0 Å². The fourth-order valence-electron chi connectivity index (χ4n) is 1.94. The number of carbonyl (C=O) groups excluding carboxylic acids is 1. The summed E-state index contributed by atoms with van der Waals surface area (Å²) >= 11 is 0. The van der Waals surface area contributed by atoms with Gasteiger partial charge in [-0.3, -0.25) is 9.69 Å². The van der Waals surface area contributed by atoms with Crippen LogP contribution in [0.2, 0.25) is 0 Å². The van der Waals surface area contributed by atoms with Gasteiger partial charge in [-0.05, 0) is 26.0 Å². The molecule has 0 unspecified atom stereocenters. The van der Waals surface area contributed by atoms with Gasteiger partial charge in [-0.15, -0.1) is 0 Å². The fourth-order valence-corrected chi connectivity index (χ4v) is 1.94. The van der Waals surface area contributed by atoms with Gasteiger partial charge in [0.1, 0.15) is 11.6 Å². The second-order valence-electron chi connectivity index (χ2n) is 4.47. The SMILES string of the molecule is CCCN(CC(=O)OCC)Cc1ccc(OC)cc1F. The molecular weight excluding hydrogens is 261 g/mol. The number of methoxy groups -OCH3 is 1. The van der Waals surface area contributed by atoms with Crippen molar-refractivity contribution in [2.24, 2.45) is 0 Å². The smallest absolute Gasteiger partial charge is 0.320 e. The van der Waals surface area contributed by atoms with E-state index in [1.807, 2.05) is 11.8 Å². The van der Waals surface area contributed by atoms with E-state index in [9.17, 15) is 9.18 Å². The standard InChI is InChI=1S/C15H22FNO3/c1-4-8-17(11-15(18)20-5-2)10-12-6-7-13(19-3)9-14(12)16/h6-7,9H,4-5,8,10-11H2,1-3H3. The second kappa shape index (κ2) is 8.53. The van der Waals surface area contributed by atoms with Crippen LogP contribution < -0.4 is 4.74 Å². The van der Waals surface area contributed by atoms with Crippen molar-refractivity contribution in [1.29, 1.82) is 0 Å². The van der Waals surface area contributed by atoms with Crippen LogP contribution in [0, 0.1) is 5.82 Å². The molecule has 0 saturated carbocycles. The van der Waals surface area contributed by atoms with Crippen molar-refractivity contribution < 1.29 is 18.7 Å². The van der Waals surface area contributed by atoms with Crippen molar-refractivity contribution in [3.05, 3.63) is 29.6 Å². The molecule has 5 heteroatoms. The highest BCUT2D eigenvalue weighted by atomic mass is 19.1. The van der Waals surface area contributed by atoms with Gasteiger partial charge in [-0.1, -0.05) is 13.0 Å². The molecule has 0 heterocycles. The maximum absolute atomic E-state index is 13.9. The minimum Gasteiger partial charge on any atom is -0.497 e. The van der Waals surface area contributed by atoms with Gasteiger partial charge in [-0.2, -0.15) is 0 Å². The molecule has 0 radical (unpaired) electrons. The highest BCUT2D eigenvalue weighted by Gasteiger charge is 2.14. The van der Waals surface area contributed by atoms with Gasteiger partial charge in [0.2, 0.25) is 0 Å². The number of ether oxygens (including phenoxy) is 2. The number of rotatable bonds is 8. The third-order valence-corrected chi connectivity index (χ3v) is 2.85. The molecule has 1 aromatic carbocycles. The highest BCUT2D eigenvalue weighted by molar-refractivity contribution is 5.71. The van der Waals surface area contributed by atoms with E-state index in [1.54, 1.807) is 19.1 Å². The van der Waals surface area contributed by atoms with Crippen molar-refractivity contribution in [2.75, 3.05) is 26.8 Å². The molecule has 0 N–H and O–H groups in total. The lowest BCUT2D eigenvalue weighted by Crippen LogP contribution is -2.31. The van der Waals surface area contributed by atoms with E-state index in [1.165, 1.54) is 13.2 Å². The lowest BCUT2D eigenvalue weighted by molar-refractivity contribution is -0.144. The van der Waals surface area contributed by atoms with Gasteiger partial charge in [0.25, 0.3) is 0 Å². The molecule has 0 atom stereocenters. The van der Waals surface area contributed by atoms with Crippen LogP contribution in [0.3, 0.4) is 0 Å². The Morgan fingerprint density at radius 3 is 2.65 bits per heavy atom. The third-order valence-electron chi connectivity index (χ3n) is 2.85. The molecular formula is C15H22FNO3. The van der Waals surface area contributed by atoms with Gasteiger partial charge in [0.15, 0.2) is 0 Å². The molecule has 112 valence electrons. The maximum atomic E-state index is 13.9. The van der Waals surface area contributed by atoms with Crippen LogP contribution in [-0.4, -0.2) is 37.7 Å². The van der Waals surface area contributed by atoms with Crippen LogP contribution in [0.1, 0.15) is 25.8 Å². The Kier molecular flexibility index (Phi) is 7.01. The van der Waals surface area contributed by atoms with Gasteiger partial charge in [-0.25, -0.2) is 4.39 Å². The van der Waals surface area contributed by atoms with Crippen LogP contribution in [0.4, 0.5) is 4.39 Å². The Morgan fingerprint density at radius 2 is 2.10 bits per heavy atom. The number of nitrogens with zero attached hydrogens (tertiary/aromatic N) is 1. The van der Waals surface area contributed by atoms with E-state index in [-0.39, 0.29) is 18.3 Å². The molecule has 20 heavy (non-hydrogen) atoms. The summed E-state index contributed by atoms with van der Waals surface area (Å²) in [6, 6.07) is 4.75. The zero-order valence-electron chi connectivity index (χ0n) is 12.3. The summed E-state index contributed by atoms with van der Waals surface area (Å²) in [7, 11) is 1.50. The van der Waals surface area contributed by atoms with E-state index in [0.717, 1.165) is 6.42 Å². The molecule has 0 aliphatic carbocycles. The second-order valence-corrected chi connectivity index (χ2v) is 4.47. The first-order valence-electron chi connectivity index (χ1n) is 6.81. The zero-order chi connectivity index (χ0) is 15.0.